The van der Waals surface area contributed by atoms with Crippen molar-refractivity contribution in [1.29, 1.82) is 0 Å². The van der Waals surface area contributed by atoms with Crippen molar-refractivity contribution in [3.63, 3.8) is 0 Å². The lowest BCUT2D eigenvalue weighted by Crippen LogP contribution is -2.69. The smallest absolute Gasteiger partial charge is 0.223 e. The molecule has 8 nitrogen and oxygen atoms in total. The molecule has 0 N–H and O–H groups in total. The molecule has 2 aliphatic carbocycles. The van der Waals surface area contributed by atoms with E-state index in [1.807, 2.05) is 54.6 Å². The molecule has 2 aliphatic heterocycles. The fourth-order valence-electron chi connectivity index (χ4n) is 9.28. The second-order valence-electron chi connectivity index (χ2n) is 14.0. The van der Waals surface area contributed by atoms with Crippen molar-refractivity contribution in [2.24, 2.45) is 5.92 Å². The van der Waals surface area contributed by atoms with Gasteiger partial charge in [-0.05, 0) is 69.5 Å². The number of hydrogen-bond acceptors (Lipinski definition) is 7. The van der Waals surface area contributed by atoms with E-state index in [0.29, 0.717) is 49.1 Å². The number of nitrogens with zero attached hydrogens (tertiary/aromatic N) is 2. The Bertz CT molecular complexity index is 1710. The van der Waals surface area contributed by atoms with Gasteiger partial charge in [-0.3, -0.25) is 24.1 Å². The minimum atomic E-state index is -0.339. The molecule has 5 atom stereocenters. The van der Waals surface area contributed by atoms with E-state index >= 15 is 0 Å². The first-order valence-corrected chi connectivity index (χ1v) is 17.4. The van der Waals surface area contributed by atoms with Crippen LogP contribution in [0.4, 0.5) is 0 Å². The molecule has 0 radical (unpaired) electrons. The lowest BCUT2D eigenvalue weighted by Gasteiger charge is -2.60. The van der Waals surface area contributed by atoms with Crippen LogP contribution in [0.25, 0.3) is 0 Å². The first-order valence-electron chi connectivity index (χ1n) is 17.4. The number of rotatable bonds is 13. The SMILES string of the molecule is COc1ccc2c3c1O[C@H]1[C@H](N(CC(=O)c4ccccc4)C(=O)CCCCC(=O)c4ccccc4)CC[C@H]4[C@@H](C2)N(CC(C)=O)CC[C@@]341. The summed E-state index contributed by atoms with van der Waals surface area (Å²) in [5, 5.41) is 0. The van der Waals surface area contributed by atoms with E-state index in [4.69, 9.17) is 9.47 Å². The molecule has 2 fully saturated rings. The number of likely N-dealkylation sites (tertiary alicyclic amines) is 1. The van der Waals surface area contributed by atoms with Crippen LogP contribution < -0.4 is 9.47 Å². The van der Waals surface area contributed by atoms with Gasteiger partial charge in [0.2, 0.25) is 5.91 Å². The molecule has 1 amide bonds. The highest BCUT2D eigenvalue weighted by Gasteiger charge is 2.66. The van der Waals surface area contributed by atoms with Gasteiger partial charge in [-0.15, -0.1) is 0 Å². The molecular weight excluding hydrogens is 604 g/mol. The Morgan fingerprint density at radius 3 is 2.27 bits per heavy atom. The van der Waals surface area contributed by atoms with E-state index in [0.717, 1.165) is 31.6 Å². The molecule has 3 aromatic carbocycles. The fourth-order valence-corrected chi connectivity index (χ4v) is 9.28. The third kappa shape index (κ3) is 5.64. The third-order valence-electron chi connectivity index (χ3n) is 11.3. The number of hydrogen-bond donors (Lipinski definition) is 0. The first kappa shape index (κ1) is 32.3. The molecule has 4 aliphatic rings. The molecule has 0 unspecified atom stereocenters. The summed E-state index contributed by atoms with van der Waals surface area (Å²) < 4.78 is 12.8. The molecule has 8 heteroatoms. The summed E-state index contributed by atoms with van der Waals surface area (Å²) in [6, 6.07) is 22.4. The Balaban J connectivity index is 1.18. The highest BCUT2D eigenvalue weighted by Crippen LogP contribution is 2.64. The monoisotopic (exact) mass is 648 g/mol. The van der Waals surface area contributed by atoms with Crippen molar-refractivity contribution in [1.82, 2.24) is 9.80 Å². The van der Waals surface area contributed by atoms with Gasteiger partial charge in [0, 0.05) is 41.0 Å². The number of ether oxygens (including phenoxy) is 2. The number of carbonyl (C=O) groups excluding carboxylic acids is 4. The van der Waals surface area contributed by atoms with E-state index in [1.165, 1.54) is 11.1 Å². The maximum Gasteiger partial charge on any atom is 0.223 e. The summed E-state index contributed by atoms with van der Waals surface area (Å²) >= 11 is 0. The second-order valence-corrected chi connectivity index (χ2v) is 14.0. The zero-order valence-electron chi connectivity index (χ0n) is 27.9. The molecule has 48 heavy (non-hydrogen) atoms. The zero-order valence-corrected chi connectivity index (χ0v) is 27.9. The van der Waals surface area contributed by atoms with E-state index in [1.54, 1.807) is 31.1 Å². The van der Waals surface area contributed by atoms with Crippen molar-refractivity contribution in [2.75, 3.05) is 26.7 Å². The molecule has 250 valence electrons. The number of ketones is 3. The maximum atomic E-state index is 14.3. The minimum Gasteiger partial charge on any atom is -0.493 e. The molecule has 1 spiro atoms. The van der Waals surface area contributed by atoms with Crippen molar-refractivity contribution < 1.29 is 28.7 Å². The predicted octanol–water partition coefficient (Wildman–Crippen LogP) is 5.85. The standard InChI is InChI=1S/C40H44N2O6/c1-26(43)24-41-22-21-40-30-18-19-31(39(40)48-38-35(47-2)20-17-29(37(38)40)23-32(30)41)42(25-34(45)28-13-7-4-8-14-28)36(46)16-10-9-15-33(44)27-11-5-3-6-12-27/h3-8,11-14,17,20,30-32,39H,9-10,15-16,18-19,21-25H2,1-2H3/t30-,31+,32+,39-,40-/m0/s1. The van der Waals surface area contributed by atoms with Crippen LogP contribution in [-0.2, 0) is 21.4 Å². The van der Waals surface area contributed by atoms with Crippen molar-refractivity contribution in [2.45, 2.75) is 81.9 Å². The number of carbonyl (C=O) groups is 4. The van der Waals surface area contributed by atoms with Crippen LogP contribution in [0.5, 0.6) is 11.5 Å². The topological polar surface area (TPSA) is 93.2 Å². The van der Waals surface area contributed by atoms with Crippen LogP contribution in [0.2, 0.25) is 0 Å². The number of unbranched alkanes of at least 4 members (excludes halogenated alkanes) is 1. The summed E-state index contributed by atoms with van der Waals surface area (Å²) in [5.74, 6) is 1.79. The minimum absolute atomic E-state index is 0.0305. The van der Waals surface area contributed by atoms with Crippen LogP contribution in [-0.4, -0.2) is 78.0 Å². The number of benzene rings is 3. The van der Waals surface area contributed by atoms with Crippen LogP contribution in [0.15, 0.2) is 72.8 Å². The van der Waals surface area contributed by atoms with E-state index < -0.39 is 0 Å². The van der Waals surface area contributed by atoms with Crippen molar-refractivity contribution >= 4 is 23.3 Å². The Morgan fingerprint density at radius 2 is 1.58 bits per heavy atom. The number of amides is 1. The molecular formula is C40H44N2O6. The van der Waals surface area contributed by atoms with Gasteiger partial charge in [0.1, 0.15) is 11.9 Å². The molecule has 7 rings (SSSR count). The Labute approximate surface area is 282 Å². The van der Waals surface area contributed by atoms with Gasteiger partial charge in [0.15, 0.2) is 23.1 Å². The van der Waals surface area contributed by atoms with Gasteiger partial charge in [-0.2, -0.15) is 0 Å². The average Bonchev–Trinajstić information content (AvgIpc) is 3.45. The zero-order chi connectivity index (χ0) is 33.4. The lowest BCUT2D eigenvalue weighted by atomic mass is 9.51. The van der Waals surface area contributed by atoms with Crippen LogP contribution >= 0.6 is 0 Å². The van der Waals surface area contributed by atoms with Gasteiger partial charge < -0.3 is 14.4 Å². The van der Waals surface area contributed by atoms with Crippen molar-refractivity contribution in [3.8, 4) is 11.5 Å². The van der Waals surface area contributed by atoms with Crippen LogP contribution in [0, 0.1) is 5.92 Å². The van der Waals surface area contributed by atoms with E-state index in [9.17, 15) is 19.2 Å². The predicted molar refractivity (Wildman–Crippen MR) is 182 cm³/mol. The Kier molecular flexibility index (Phi) is 8.94. The quantitative estimate of drug-likeness (QED) is 0.170. The lowest BCUT2D eigenvalue weighted by molar-refractivity contribution is -0.142. The largest absolute Gasteiger partial charge is 0.493 e. The summed E-state index contributed by atoms with van der Waals surface area (Å²) in [4.78, 5) is 57.2. The van der Waals surface area contributed by atoms with Gasteiger partial charge in [-0.1, -0.05) is 66.7 Å². The molecule has 3 aromatic rings. The van der Waals surface area contributed by atoms with Crippen LogP contribution in [0.3, 0.4) is 0 Å². The van der Waals surface area contributed by atoms with E-state index in [-0.39, 0.29) is 65.7 Å². The number of piperidine rings is 1. The van der Waals surface area contributed by atoms with Gasteiger partial charge in [-0.25, -0.2) is 0 Å². The Morgan fingerprint density at radius 1 is 0.896 bits per heavy atom. The molecule has 2 heterocycles. The van der Waals surface area contributed by atoms with Gasteiger partial charge in [0.05, 0.1) is 26.2 Å². The highest BCUT2D eigenvalue weighted by molar-refractivity contribution is 5.99. The van der Waals surface area contributed by atoms with Crippen LogP contribution in [0.1, 0.15) is 83.7 Å². The first-order chi connectivity index (χ1) is 23.3. The molecule has 1 saturated heterocycles. The highest BCUT2D eigenvalue weighted by atomic mass is 16.5. The molecule has 0 aromatic heterocycles. The molecule has 1 saturated carbocycles. The maximum absolute atomic E-state index is 14.3. The van der Waals surface area contributed by atoms with Crippen molar-refractivity contribution in [3.05, 3.63) is 95.1 Å². The number of methoxy groups -OCH3 is 1. The molecule has 2 bridgehead atoms. The normalized spacial score (nSPS) is 25.0. The van der Waals surface area contributed by atoms with E-state index in [2.05, 4.69) is 11.0 Å². The second kappa shape index (κ2) is 13.3. The van der Waals surface area contributed by atoms with Gasteiger partial charge in [0.25, 0.3) is 0 Å². The summed E-state index contributed by atoms with van der Waals surface area (Å²) in [5.41, 5.74) is 3.36. The Hall–Kier alpha value is -4.30. The summed E-state index contributed by atoms with van der Waals surface area (Å²) in [7, 11) is 1.66. The summed E-state index contributed by atoms with van der Waals surface area (Å²) in [6.45, 7) is 2.84. The average molecular weight is 649 g/mol. The third-order valence-corrected chi connectivity index (χ3v) is 11.3. The summed E-state index contributed by atoms with van der Waals surface area (Å²) in [6.07, 6.45) is 4.67. The number of Topliss-reactive ketones (excluding diaryl/α,β-unsaturated/α-hetero) is 3. The fraction of sp³-hybridized carbons (Fsp3) is 0.450. The van der Waals surface area contributed by atoms with Gasteiger partial charge >= 0.3 is 0 Å².